The van der Waals surface area contributed by atoms with Crippen molar-refractivity contribution < 1.29 is 9.59 Å². The molecule has 0 saturated carbocycles. The summed E-state index contributed by atoms with van der Waals surface area (Å²) < 4.78 is 0. The highest BCUT2D eigenvalue weighted by Crippen LogP contribution is 2.25. The molecule has 29 heavy (non-hydrogen) atoms. The van der Waals surface area contributed by atoms with Gasteiger partial charge in [0.15, 0.2) is 0 Å². The van der Waals surface area contributed by atoms with E-state index in [0.717, 1.165) is 31.5 Å². The summed E-state index contributed by atoms with van der Waals surface area (Å²) in [5.74, 6) is 1.44. The summed E-state index contributed by atoms with van der Waals surface area (Å²) in [5, 5.41) is 6.50. The van der Waals surface area contributed by atoms with Gasteiger partial charge in [-0.1, -0.05) is 36.8 Å². The van der Waals surface area contributed by atoms with Crippen LogP contribution in [0.5, 0.6) is 0 Å². The van der Waals surface area contributed by atoms with Crippen LogP contribution in [0.3, 0.4) is 0 Å². The highest BCUT2D eigenvalue weighted by atomic mass is 35.5. The number of nitrogens with zero attached hydrogens (tertiary/aromatic N) is 1. The van der Waals surface area contributed by atoms with Gasteiger partial charge in [0, 0.05) is 32.0 Å². The first kappa shape index (κ1) is 23.7. The number of benzene rings is 1. The van der Waals surface area contributed by atoms with E-state index >= 15 is 0 Å². The number of amides is 2. The van der Waals surface area contributed by atoms with Crippen molar-refractivity contribution in [3.05, 3.63) is 35.4 Å². The van der Waals surface area contributed by atoms with Crippen molar-refractivity contribution in [1.29, 1.82) is 0 Å². The average Bonchev–Trinajstić information content (AvgIpc) is 2.73. The van der Waals surface area contributed by atoms with Gasteiger partial charge in [0.25, 0.3) is 0 Å². The Kier molecular flexibility index (Phi) is 9.44. The number of likely N-dealkylation sites (tertiary alicyclic amines) is 1. The molecule has 0 aromatic heterocycles. The van der Waals surface area contributed by atoms with E-state index in [0.29, 0.717) is 37.9 Å². The van der Waals surface area contributed by atoms with Crippen molar-refractivity contribution in [1.82, 2.24) is 15.5 Å². The third kappa shape index (κ3) is 7.00. The number of piperidine rings is 2. The molecule has 2 aliphatic rings. The molecular weight excluding hydrogens is 386 g/mol. The first-order valence-electron chi connectivity index (χ1n) is 10.8. The van der Waals surface area contributed by atoms with Crippen molar-refractivity contribution in [3.63, 3.8) is 0 Å². The van der Waals surface area contributed by atoms with Crippen molar-refractivity contribution in [3.8, 4) is 0 Å². The van der Waals surface area contributed by atoms with Crippen molar-refractivity contribution in [2.45, 2.75) is 52.5 Å². The van der Waals surface area contributed by atoms with Gasteiger partial charge in [0.2, 0.25) is 11.8 Å². The molecular formula is C23H36ClN3O2. The maximum atomic E-state index is 12.7. The normalized spacial score (nSPS) is 21.2. The lowest BCUT2D eigenvalue weighted by Gasteiger charge is -2.34. The summed E-state index contributed by atoms with van der Waals surface area (Å²) in [4.78, 5) is 27.1. The number of carbonyl (C=O) groups excluding carboxylic acids is 2. The molecule has 2 aliphatic heterocycles. The lowest BCUT2D eigenvalue weighted by molar-refractivity contribution is -0.136. The minimum absolute atomic E-state index is 0. The van der Waals surface area contributed by atoms with Gasteiger partial charge in [-0.15, -0.1) is 12.4 Å². The molecule has 2 heterocycles. The van der Waals surface area contributed by atoms with Gasteiger partial charge in [-0.2, -0.15) is 0 Å². The van der Waals surface area contributed by atoms with Crippen LogP contribution < -0.4 is 10.6 Å². The summed E-state index contributed by atoms with van der Waals surface area (Å²) in [6.07, 6.45) is 4.61. The molecule has 2 fully saturated rings. The number of nitrogens with one attached hydrogen (secondary N) is 2. The largest absolute Gasteiger partial charge is 0.352 e. The number of halogens is 1. The van der Waals surface area contributed by atoms with Gasteiger partial charge in [0.05, 0.1) is 0 Å². The van der Waals surface area contributed by atoms with Gasteiger partial charge in [-0.05, 0) is 63.1 Å². The Morgan fingerprint density at radius 1 is 1.17 bits per heavy atom. The number of aryl methyl sites for hydroxylation is 1. The zero-order chi connectivity index (χ0) is 19.9. The molecule has 0 radical (unpaired) electrons. The van der Waals surface area contributed by atoms with E-state index in [4.69, 9.17) is 0 Å². The van der Waals surface area contributed by atoms with Crippen LogP contribution >= 0.6 is 12.4 Å². The Balaban J connectivity index is 0.00000300. The minimum Gasteiger partial charge on any atom is -0.352 e. The molecule has 0 bridgehead atoms. The van der Waals surface area contributed by atoms with Gasteiger partial charge in [-0.3, -0.25) is 9.59 Å². The molecule has 0 aliphatic carbocycles. The Bertz CT molecular complexity index is 651. The quantitative estimate of drug-likeness (QED) is 0.740. The van der Waals surface area contributed by atoms with E-state index < -0.39 is 0 Å². The van der Waals surface area contributed by atoms with Crippen LogP contribution in [0.15, 0.2) is 24.3 Å². The summed E-state index contributed by atoms with van der Waals surface area (Å²) >= 11 is 0. The third-order valence-electron chi connectivity index (χ3n) is 6.44. The van der Waals surface area contributed by atoms with Crippen LogP contribution in [0.25, 0.3) is 0 Å². The number of hydrogen-bond donors (Lipinski definition) is 2. The molecule has 2 unspecified atom stereocenters. The lowest BCUT2D eigenvalue weighted by atomic mass is 9.85. The van der Waals surface area contributed by atoms with Crippen molar-refractivity contribution in [2.75, 3.05) is 26.2 Å². The SMILES string of the molecule is Cc1ccc(CNC(=O)C2CCN(C(=O)CC(C)C3CCCNC3)CC2)cc1.Cl. The maximum Gasteiger partial charge on any atom is 0.223 e. The van der Waals surface area contributed by atoms with E-state index in [1.54, 1.807) is 0 Å². The van der Waals surface area contributed by atoms with Crippen LogP contribution in [0.2, 0.25) is 0 Å². The summed E-state index contributed by atoms with van der Waals surface area (Å²) in [5.41, 5.74) is 2.35. The first-order chi connectivity index (χ1) is 13.5. The van der Waals surface area contributed by atoms with Crippen LogP contribution in [0.1, 0.15) is 50.2 Å². The molecule has 6 heteroatoms. The Morgan fingerprint density at radius 2 is 1.86 bits per heavy atom. The molecule has 1 aromatic carbocycles. The molecule has 5 nitrogen and oxygen atoms in total. The van der Waals surface area contributed by atoms with Crippen molar-refractivity contribution >= 4 is 24.2 Å². The average molecular weight is 422 g/mol. The summed E-state index contributed by atoms with van der Waals surface area (Å²) in [6, 6.07) is 8.24. The molecule has 162 valence electrons. The molecule has 2 amide bonds. The molecule has 2 N–H and O–H groups in total. The van der Waals surface area contributed by atoms with Gasteiger partial charge in [-0.25, -0.2) is 0 Å². The fourth-order valence-electron chi connectivity index (χ4n) is 4.37. The van der Waals surface area contributed by atoms with Gasteiger partial charge >= 0.3 is 0 Å². The first-order valence-corrected chi connectivity index (χ1v) is 10.8. The monoisotopic (exact) mass is 421 g/mol. The number of hydrogen-bond acceptors (Lipinski definition) is 3. The van der Waals surface area contributed by atoms with E-state index in [1.165, 1.54) is 18.4 Å². The summed E-state index contributed by atoms with van der Waals surface area (Å²) in [7, 11) is 0. The molecule has 0 spiro atoms. The lowest BCUT2D eigenvalue weighted by Crippen LogP contribution is -2.44. The third-order valence-corrected chi connectivity index (χ3v) is 6.44. The van der Waals surface area contributed by atoms with Crippen LogP contribution in [-0.4, -0.2) is 42.9 Å². The second-order valence-corrected chi connectivity index (χ2v) is 8.65. The topological polar surface area (TPSA) is 61.4 Å². The van der Waals surface area contributed by atoms with Crippen LogP contribution in [-0.2, 0) is 16.1 Å². The fourth-order valence-corrected chi connectivity index (χ4v) is 4.37. The predicted molar refractivity (Wildman–Crippen MR) is 119 cm³/mol. The highest BCUT2D eigenvalue weighted by molar-refractivity contribution is 5.85. The smallest absolute Gasteiger partial charge is 0.223 e. The number of carbonyl (C=O) groups is 2. The second kappa shape index (κ2) is 11.6. The van der Waals surface area contributed by atoms with Gasteiger partial charge in [0.1, 0.15) is 0 Å². The predicted octanol–water partition coefficient (Wildman–Crippen LogP) is 3.30. The molecule has 1 aromatic rings. The van der Waals surface area contributed by atoms with Crippen LogP contribution in [0.4, 0.5) is 0 Å². The number of rotatable bonds is 6. The van der Waals surface area contributed by atoms with Crippen LogP contribution in [0, 0.1) is 24.7 Å². The Morgan fingerprint density at radius 3 is 2.48 bits per heavy atom. The van der Waals surface area contributed by atoms with E-state index in [9.17, 15) is 9.59 Å². The zero-order valence-corrected chi connectivity index (χ0v) is 18.6. The molecule has 2 atom stereocenters. The fraction of sp³-hybridized carbons (Fsp3) is 0.652. The van der Waals surface area contributed by atoms with Crippen molar-refractivity contribution in [2.24, 2.45) is 17.8 Å². The van der Waals surface area contributed by atoms with E-state index in [1.807, 2.05) is 4.90 Å². The second-order valence-electron chi connectivity index (χ2n) is 8.65. The van der Waals surface area contributed by atoms with Gasteiger partial charge < -0.3 is 15.5 Å². The molecule has 2 saturated heterocycles. The standard InChI is InChI=1S/C23H35N3O2.ClH/c1-17-5-7-19(8-6-17)15-25-23(28)20-9-12-26(13-10-20)22(27)14-18(2)21-4-3-11-24-16-21;/h5-8,18,20-21,24H,3-4,9-16H2,1-2H3,(H,25,28);1H. The zero-order valence-electron chi connectivity index (χ0n) is 17.8. The molecule has 3 rings (SSSR count). The Labute approximate surface area is 181 Å². The Hall–Kier alpha value is -1.59. The highest BCUT2D eigenvalue weighted by Gasteiger charge is 2.29. The maximum absolute atomic E-state index is 12.7. The minimum atomic E-state index is 0. The van der Waals surface area contributed by atoms with E-state index in [-0.39, 0.29) is 30.1 Å². The summed E-state index contributed by atoms with van der Waals surface area (Å²) in [6.45, 7) is 8.40. The van der Waals surface area contributed by atoms with E-state index in [2.05, 4.69) is 48.7 Å².